The Balaban J connectivity index is 3.83. The third-order valence-electron chi connectivity index (χ3n) is 3.17. The molecule has 0 rings (SSSR count). The van der Waals surface area contributed by atoms with Gasteiger partial charge in [0.2, 0.25) is 5.91 Å². The van der Waals surface area contributed by atoms with Gasteiger partial charge in [-0.2, -0.15) is 0 Å². The number of carbonyl (C=O) groups excluding carboxylic acids is 2. The molecular formula is C15H28N2O4. The average Bonchev–Trinajstić information content (AvgIpc) is 2.42. The van der Waals surface area contributed by atoms with Gasteiger partial charge >= 0.3 is 5.97 Å². The highest BCUT2D eigenvalue weighted by atomic mass is 16.4. The van der Waals surface area contributed by atoms with Gasteiger partial charge in [-0.15, -0.1) is 0 Å². The Labute approximate surface area is 126 Å². The Bertz CT molecular complexity index is 343. The molecule has 0 aromatic rings. The molecule has 0 aliphatic rings. The number of nitrogens with one attached hydrogen (secondary N) is 2. The highest BCUT2D eigenvalue weighted by molar-refractivity contribution is 5.85. The van der Waals surface area contributed by atoms with E-state index in [4.69, 9.17) is 5.11 Å². The molecule has 0 aromatic carbocycles. The zero-order chi connectivity index (χ0) is 16.3. The first-order chi connectivity index (χ1) is 9.88. The minimum absolute atomic E-state index is 0.0151. The van der Waals surface area contributed by atoms with Crippen LogP contribution in [0.4, 0.5) is 0 Å². The van der Waals surface area contributed by atoms with Gasteiger partial charge in [0.1, 0.15) is 0 Å². The standard InChI is InChI=1S/C15H28N2O4/c1-4-16-12(15(21)11(2)3)7-5-6-10-17-13(18)8-9-14(19)20/h11-12,16H,4-10H2,1-3H3,(H,17,18)(H,19,20). The Kier molecular flexibility index (Phi) is 10.5. The number of rotatable bonds is 12. The van der Waals surface area contributed by atoms with Crippen LogP contribution in [-0.4, -0.2) is 41.9 Å². The van der Waals surface area contributed by atoms with E-state index in [1.165, 1.54) is 0 Å². The summed E-state index contributed by atoms with van der Waals surface area (Å²) < 4.78 is 0. The predicted octanol–water partition coefficient (Wildman–Crippen LogP) is 1.34. The fourth-order valence-corrected chi connectivity index (χ4v) is 2.00. The molecule has 0 radical (unpaired) electrons. The van der Waals surface area contributed by atoms with Crippen LogP contribution in [0, 0.1) is 5.92 Å². The van der Waals surface area contributed by atoms with Crippen LogP contribution < -0.4 is 10.6 Å². The molecule has 21 heavy (non-hydrogen) atoms. The predicted molar refractivity (Wildman–Crippen MR) is 81.0 cm³/mol. The van der Waals surface area contributed by atoms with Crippen molar-refractivity contribution < 1.29 is 19.5 Å². The molecule has 6 heteroatoms. The van der Waals surface area contributed by atoms with E-state index >= 15 is 0 Å². The Hall–Kier alpha value is -1.43. The van der Waals surface area contributed by atoms with Crippen molar-refractivity contribution in [2.24, 2.45) is 5.92 Å². The fourth-order valence-electron chi connectivity index (χ4n) is 2.00. The number of amides is 1. The zero-order valence-electron chi connectivity index (χ0n) is 13.3. The van der Waals surface area contributed by atoms with Gasteiger partial charge in [0.15, 0.2) is 5.78 Å². The highest BCUT2D eigenvalue weighted by Gasteiger charge is 2.19. The van der Waals surface area contributed by atoms with Crippen LogP contribution >= 0.6 is 0 Å². The molecule has 0 saturated carbocycles. The number of ketones is 1. The van der Waals surface area contributed by atoms with E-state index in [1.54, 1.807) is 0 Å². The molecule has 122 valence electrons. The lowest BCUT2D eigenvalue weighted by molar-refractivity contribution is -0.138. The van der Waals surface area contributed by atoms with Crippen molar-refractivity contribution in [1.82, 2.24) is 10.6 Å². The Morgan fingerprint density at radius 2 is 1.76 bits per heavy atom. The van der Waals surface area contributed by atoms with E-state index in [0.717, 1.165) is 25.8 Å². The monoisotopic (exact) mass is 300 g/mol. The van der Waals surface area contributed by atoms with Crippen molar-refractivity contribution in [3.8, 4) is 0 Å². The quantitative estimate of drug-likeness (QED) is 0.473. The van der Waals surface area contributed by atoms with Crippen LogP contribution in [0.25, 0.3) is 0 Å². The molecule has 0 bridgehead atoms. The molecule has 0 aliphatic carbocycles. The topological polar surface area (TPSA) is 95.5 Å². The summed E-state index contributed by atoms with van der Waals surface area (Å²) in [4.78, 5) is 33.6. The zero-order valence-corrected chi connectivity index (χ0v) is 13.3. The molecule has 6 nitrogen and oxygen atoms in total. The van der Waals surface area contributed by atoms with E-state index in [9.17, 15) is 14.4 Å². The minimum atomic E-state index is -0.967. The molecule has 0 aliphatic heterocycles. The molecule has 1 unspecified atom stereocenters. The second-order valence-corrected chi connectivity index (χ2v) is 5.41. The van der Waals surface area contributed by atoms with Gasteiger partial charge in [0, 0.05) is 18.9 Å². The smallest absolute Gasteiger partial charge is 0.303 e. The Morgan fingerprint density at radius 1 is 1.10 bits per heavy atom. The van der Waals surface area contributed by atoms with Crippen LogP contribution in [0.15, 0.2) is 0 Å². The minimum Gasteiger partial charge on any atom is -0.481 e. The maximum Gasteiger partial charge on any atom is 0.303 e. The number of Topliss-reactive ketones (excluding diaryl/α,β-unsaturated/α-hetero) is 1. The summed E-state index contributed by atoms with van der Waals surface area (Å²) in [5, 5.41) is 14.3. The fraction of sp³-hybridized carbons (Fsp3) is 0.800. The second-order valence-electron chi connectivity index (χ2n) is 5.41. The van der Waals surface area contributed by atoms with Gasteiger partial charge in [-0.05, 0) is 25.8 Å². The number of unbranched alkanes of at least 4 members (excludes halogenated alkanes) is 1. The summed E-state index contributed by atoms with van der Waals surface area (Å²) in [5.74, 6) is -0.961. The highest BCUT2D eigenvalue weighted by Crippen LogP contribution is 2.07. The first-order valence-corrected chi connectivity index (χ1v) is 7.64. The summed E-state index contributed by atoms with van der Waals surface area (Å²) in [6, 6.07) is -0.113. The molecule has 3 N–H and O–H groups in total. The van der Waals surface area contributed by atoms with Crippen LogP contribution in [0.3, 0.4) is 0 Å². The van der Waals surface area contributed by atoms with Gasteiger partial charge in [-0.25, -0.2) is 0 Å². The number of carboxylic acid groups (broad SMARTS) is 1. The van der Waals surface area contributed by atoms with Crippen molar-refractivity contribution in [1.29, 1.82) is 0 Å². The van der Waals surface area contributed by atoms with Gasteiger partial charge in [0.05, 0.1) is 12.5 Å². The third kappa shape index (κ3) is 10.0. The second kappa shape index (κ2) is 11.3. The number of likely N-dealkylation sites (N-methyl/N-ethyl adjacent to an activating group) is 1. The first kappa shape index (κ1) is 19.6. The summed E-state index contributed by atoms with van der Waals surface area (Å²) in [6.07, 6.45) is 2.26. The average molecular weight is 300 g/mol. The van der Waals surface area contributed by atoms with Gasteiger partial charge in [-0.3, -0.25) is 14.4 Å². The molecule has 0 fully saturated rings. The maximum atomic E-state index is 12.0. The third-order valence-corrected chi connectivity index (χ3v) is 3.17. The summed E-state index contributed by atoms with van der Waals surface area (Å²) in [7, 11) is 0. The van der Waals surface area contributed by atoms with Crippen LogP contribution in [0.2, 0.25) is 0 Å². The summed E-state index contributed by atoms with van der Waals surface area (Å²) in [6.45, 7) is 7.05. The van der Waals surface area contributed by atoms with Crippen LogP contribution in [-0.2, 0) is 14.4 Å². The normalized spacial score (nSPS) is 12.2. The van der Waals surface area contributed by atoms with E-state index < -0.39 is 5.97 Å². The van der Waals surface area contributed by atoms with Crippen molar-refractivity contribution >= 4 is 17.7 Å². The first-order valence-electron chi connectivity index (χ1n) is 7.64. The van der Waals surface area contributed by atoms with Crippen LogP contribution in [0.1, 0.15) is 52.9 Å². The van der Waals surface area contributed by atoms with Gasteiger partial charge < -0.3 is 15.7 Å². The van der Waals surface area contributed by atoms with Gasteiger partial charge in [-0.1, -0.05) is 20.8 Å². The number of carboxylic acids is 1. The van der Waals surface area contributed by atoms with Crippen molar-refractivity contribution in [3.05, 3.63) is 0 Å². The lowest BCUT2D eigenvalue weighted by atomic mass is 9.97. The maximum absolute atomic E-state index is 12.0. The molecule has 0 spiro atoms. The molecule has 1 atom stereocenters. The lowest BCUT2D eigenvalue weighted by Gasteiger charge is -2.18. The molecule has 0 saturated heterocycles. The summed E-state index contributed by atoms with van der Waals surface area (Å²) >= 11 is 0. The number of carbonyl (C=O) groups is 3. The number of aliphatic carboxylic acids is 1. The lowest BCUT2D eigenvalue weighted by Crippen LogP contribution is -2.39. The summed E-state index contributed by atoms with van der Waals surface area (Å²) in [5.41, 5.74) is 0. The van der Waals surface area contributed by atoms with E-state index in [0.29, 0.717) is 6.54 Å². The Morgan fingerprint density at radius 3 is 2.29 bits per heavy atom. The van der Waals surface area contributed by atoms with Crippen molar-refractivity contribution in [2.45, 2.75) is 58.9 Å². The molecular weight excluding hydrogens is 272 g/mol. The van der Waals surface area contributed by atoms with Gasteiger partial charge in [0.25, 0.3) is 0 Å². The number of hydrogen-bond acceptors (Lipinski definition) is 4. The van der Waals surface area contributed by atoms with Crippen molar-refractivity contribution in [3.63, 3.8) is 0 Å². The van der Waals surface area contributed by atoms with E-state index in [1.807, 2.05) is 20.8 Å². The number of hydrogen-bond donors (Lipinski definition) is 3. The SMILES string of the molecule is CCNC(CCCCNC(=O)CCC(=O)O)C(=O)C(C)C. The molecule has 0 heterocycles. The largest absolute Gasteiger partial charge is 0.481 e. The van der Waals surface area contributed by atoms with E-state index in [2.05, 4.69) is 10.6 Å². The van der Waals surface area contributed by atoms with Crippen LogP contribution in [0.5, 0.6) is 0 Å². The molecule has 0 aromatic heterocycles. The molecule has 1 amide bonds. The van der Waals surface area contributed by atoms with E-state index in [-0.39, 0.29) is 36.5 Å². The van der Waals surface area contributed by atoms with Crippen molar-refractivity contribution in [2.75, 3.05) is 13.1 Å².